The molecule has 2 aromatic heterocycles. The lowest BCUT2D eigenvalue weighted by Crippen LogP contribution is -2.27. The van der Waals surface area contributed by atoms with E-state index in [1.54, 1.807) is 13.2 Å². The van der Waals surface area contributed by atoms with Crippen molar-refractivity contribution in [2.24, 2.45) is 0 Å². The first kappa shape index (κ1) is 18.8. The van der Waals surface area contributed by atoms with Crippen LogP contribution >= 0.6 is 11.3 Å². The minimum absolute atomic E-state index is 0.214. The zero-order valence-electron chi connectivity index (χ0n) is 15.4. The number of benzene rings is 2. The Kier molecular flexibility index (Phi) is 5.09. The maximum absolute atomic E-state index is 13.2. The van der Waals surface area contributed by atoms with E-state index in [0.29, 0.717) is 15.9 Å². The van der Waals surface area contributed by atoms with E-state index in [1.165, 1.54) is 40.4 Å². The van der Waals surface area contributed by atoms with Crippen LogP contribution in [0, 0.1) is 5.82 Å². The second kappa shape index (κ2) is 7.84. The highest BCUT2D eigenvalue weighted by molar-refractivity contribution is 7.17. The smallest absolute Gasteiger partial charge is 0.271 e. The minimum Gasteiger partial charge on any atom is -0.497 e. The summed E-state index contributed by atoms with van der Waals surface area (Å²) in [6.07, 6.45) is 1.36. The molecule has 0 aliphatic rings. The molecule has 8 heteroatoms. The number of anilines is 1. The fraction of sp³-hybridized carbons (Fsp3) is 0.0952. The van der Waals surface area contributed by atoms with Gasteiger partial charge in [-0.15, -0.1) is 11.3 Å². The van der Waals surface area contributed by atoms with E-state index in [-0.39, 0.29) is 12.1 Å². The predicted molar refractivity (Wildman–Crippen MR) is 111 cm³/mol. The van der Waals surface area contributed by atoms with E-state index in [4.69, 9.17) is 4.74 Å². The number of hydrogen-bond donors (Lipinski definition) is 1. The predicted octanol–water partition coefficient (Wildman–Crippen LogP) is 3.91. The zero-order chi connectivity index (χ0) is 20.4. The molecule has 0 saturated carbocycles. The van der Waals surface area contributed by atoms with E-state index in [1.807, 2.05) is 29.6 Å². The molecule has 29 heavy (non-hydrogen) atoms. The Morgan fingerprint density at radius 1 is 1.24 bits per heavy atom. The molecule has 0 unspecified atom stereocenters. The van der Waals surface area contributed by atoms with Crippen molar-refractivity contribution in [1.29, 1.82) is 0 Å². The van der Waals surface area contributed by atoms with Gasteiger partial charge in [0.1, 0.15) is 22.8 Å². The fourth-order valence-corrected chi connectivity index (χ4v) is 3.93. The monoisotopic (exact) mass is 409 g/mol. The lowest BCUT2D eigenvalue weighted by atomic mass is 10.1. The topological polar surface area (TPSA) is 73.2 Å². The summed E-state index contributed by atoms with van der Waals surface area (Å²) in [7, 11) is 1.60. The fourth-order valence-electron chi connectivity index (χ4n) is 2.95. The average molecular weight is 409 g/mol. The molecule has 2 aromatic carbocycles. The van der Waals surface area contributed by atoms with Gasteiger partial charge in [-0.2, -0.15) is 0 Å². The van der Waals surface area contributed by atoms with Crippen molar-refractivity contribution in [2.75, 3.05) is 12.4 Å². The summed E-state index contributed by atoms with van der Waals surface area (Å²) in [5.74, 6) is -0.147. The van der Waals surface area contributed by atoms with Gasteiger partial charge in [0, 0.05) is 16.6 Å². The Hall–Kier alpha value is -3.52. The molecular weight excluding hydrogens is 393 g/mol. The van der Waals surface area contributed by atoms with Crippen LogP contribution in [-0.2, 0) is 11.3 Å². The SMILES string of the molecule is COc1ccc(-c2csc3c(=O)n(CC(=O)Nc4cccc(F)c4)cnc23)cc1. The summed E-state index contributed by atoms with van der Waals surface area (Å²) in [5.41, 5.74) is 2.39. The molecule has 1 amide bonds. The maximum Gasteiger partial charge on any atom is 0.271 e. The third-order valence-corrected chi connectivity index (χ3v) is 5.33. The number of thiophene rings is 1. The molecule has 0 aliphatic carbocycles. The Morgan fingerprint density at radius 3 is 2.76 bits per heavy atom. The molecular formula is C21H16FN3O3S. The van der Waals surface area contributed by atoms with E-state index in [0.717, 1.165) is 16.9 Å². The number of rotatable bonds is 5. The van der Waals surface area contributed by atoms with Gasteiger partial charge in [-0.25, -0.2) is 9.37 Å². The van der Waals surface area contributed by atoms with Gasteiger partial charge in [-0.1, -0.05) is 18.2 Å². The number of carbonyl (C=O) groups excluding carboxylic acids is 1. The highest BCUT2D eigenvalue weighted by Gasteiger charge is 2.14. The number of amides is 1. The second-order valence-corrected chi connectivity index (χ2v) is 7.17. The molecule has 146 valence electrons. The molecule has 0 radical (unpaired) electrons. The second-order valence-electron chi connectivity index (χ2n) is 6.29. The van der Waals surface area contributed by atoms with Crippen LogP contribution < -0.4 is 15.6 Å². The third-order valence-electron chi connectivity index (χ3n) is 4.37. The first-order chi connectivity index (χ1) is 14.0. The molecule has 4 aromatic rings. The third kappa shape index (κ3) is 3.88. The number of nitrogens with zero attached hydrogens (tertiary/aromatic N) is 2. The van der Waals surface area contributed by atoms with E-state index in [9.17, 15) is 14.0 Å². The highest BCUT2D eigenvalue weighted by Crippen LogP contribution is 2.31. The van der Waals surface area contributed by atoms with Gasteiger partial charge in [-0.05, 0) is 35.9 Å². The van der Waals surface area contributed by atoms with Crippen molar-refractivity contribution in [1.82, 2.24) is 9.55 Å². The van der Waals surface area contributed by atoms with Crippen molar-refractivity contribution in [3.05, 3.63) is 76.4 Å². The van der Waals surface area contributed by atoms with Crippen LogP contribution in [0.2, 0.25) is 0 Å². The largest absolute Gasteiger partial charge is 0.497 e. The summed E-state index contributed by atoms with van der Waals surface area (Å²) in [6, 6.07) is 13.1. The van der Waals surface area contributed by atoms with Crippen LogP contribution in [0.15, 0.2) is 65.0 Å². The number of ether oxygens (including phenoxy) is 1. The average Bonchev–Trinajstić information content (AvgIpc) is 3.15. The maximum atomic E-state index is 13.2. The van der Waals surface area contributed by atoms with Gasteiger partial charge in [0.15, 0.2) is 0 Å². The summed E-state index contributed by atoms with van der Waals surface area (Å²) < 4.78 is 20.1. The molecule has 0 spiro atoms. The van der Waals surface area contributed by atoms with Gasteiger partial charge < -0.3 is 10.1 Å². The first-order valence-corrected chi connectivity index (χ1v) is 9.59. The number of aromatic nitrogens is 2. The number of halogens is 1. The molecule has 2 heterocycles. The van der Waals surface area contributed by atoms with Crippen molar-refractivity contribution in [3.63, 3.8) is 0 Å². The molecule has 0 bridgehead atoms. The lowest BCUT2D eigenvalue weighted by molar-refractivity contribution is -0.116. The van der Waals surface area contributed by atoms with Gasteiger partial charge >= 0.3 is 0 Å². The number of nitrogens with one attached hydrogen (secondary N) is 1. The summed E-state index contributed by atoms with van der Waals surface area (Å²) in [4.78, 5) is 29.4. The normalized spacial score (nSPS) is 10.8. The Balaban J connectivity index is 1.59. The van der Waals surface area contributed by atoms with Crippen molar-refractivity contribution in [3.8, 4) is 16.9 Å². The van der Waals surface area contributed by atoms with Crippen molar-refractivity contribution >= 4 is 33.1 Å². The standard InChI is InChI=1S/C21H16FN3O3S/c1-28-16-7-5-13(6-8-16)17-11-29-20-19(17)23-12-25(21(20)27)10-18(26)24-15-4-2-3-14(22)9-15/h2-9,11-12H,10H2,1H3,(H,24,26). The van der Waals surface area contributed by atoms with Crippen LogP contribution in [0.5, 0.6) is 5.75 Å². The number of fused-ring (bicyclic) bond motifs is 1. The van der Waals surface area contributed by atoms with Gasteiger partial charge in [0.25, 0.3) is 5.56 Å². The molecule has 0 atom stereocenters. The van der Waals surface area contributed by atoms with Crippen LogP contribution in [0.3, 0.4) is 0 Å². The molecule has 1 N–H and O–H groups in total. The van der Waals surface area contributed by atoms with Crippen molar-refractivity contribution < 1.29 is 13.9 Å². The number of carbonyl (C=O) groups is 1. The molecule has 6 nitrogen and oxygen atoms in total. The molecule has 0 fully saturated rings. The quantitative estimate of drug-likeness (QED) is 0.542. The van der Waals surface area contributed by atoms with E-state index in [2.05, 4.69) is 10.3 Å². The highest BCUT2D eigenvalue weighted by atomic mass is 32.1. The number of hydrogen-bond acceptors (Lipinski definition) is 5. The van der Waals surface area contributed by atoms with Crippen LogP contribution in [0.25, 0.3) is 21.3 Å². The summed E-state index contributed by atoms with van der Waals surface area (Å²) in [6.45, 7) is -0.214. The van der Waals surface area contributed by atoms with Crippen LogP contribution in [-0.4, -0.2) is 22.6 Å². The van der Waals surface area contributed by atoms with E-state index >= 15 is 0 Å². The summed E-state index contributed by atoms with van der Waals surface area (Å²) >= 11 is 1.28. The van der Waals surface area contributed by atoms with Gasteiger partial charge in [0.2, 0.25) is 5.91 Å². The van der Waals surface area contributed by atoms with Gasteiger partial charge in [0.05, 0.1) is 19.0 Å². The molecule has 0 saturated heterocycles. The Morgan fingerprint density at radius 2 is 2.03 bits per heavy atom. The Bertz CT molecular complexity index is 1250. The minimum atomic E-state index is -0.451. The molecule has 4 rings (SSSR count). The molecule has 0 aliphatic heterocycles. The Labute approximate surface area is 169 Å². The van der Waals surface area contributed by atoms with Crippen LogP contribution in [0.4, 0.5) is 10.1 Å². The zero-order valence-corrected chi connectivity index (χ0v) is 16.2. The van der Waals surface area contributed by atoms with Crippen LogP contribution in [0.1, 0.15) is 0 Å². The van der Waals surface area contributed by atoms with Crippen molar-refractivity contribution in [2.45, 2.75) is 6.54 Å². The van der Waals surface area contributed by atoms with E-state index < -0.39 is 11.7 Å². The first-order valence-electron chi connectivity index (χ1n) is 8.71. The van der Waals surface area contributed by atoms with Gasteiger partial charge in [-0.3, -0.25) is 14.2 Å². The number of methoxy groups -OCH3 is 1. The lowest BCUT2D eigenvalue weighted by Gasteiger charge is -2.07. The summed E-state index contributed by atoms with van der Waals surface area (Å²) in [5, 5.41) is 4.45.